The van der Waals surface area contributed by atoms with Crippen molar-refractivity contribution in [3.63, 3.8) is 0 Å². The molecule has 17 heavy (non-hydrogen) atoms. The van der Waals surface area contributed by atoms with Crippen LogP contribution in [-0.4, -0.2) is 16.2 Å². The Morgan fingerprint density at radius 2 is 2.18 bits per heavy atom. The summed E-state index contributed by atoms with van der Waals surface area (Å²) in [7, 11) is 0. The molecule has 0 atom stereocenters. The molecule has 3 nitrogen and oxygen atoms in total. The van der Waals surface area contributed by atoms with Gasteiger partial charge in [-0.15, -0.1) is 0 Å². The molecule has 0 saturated carbocycles. The van der Waals surface area contributed by atoms with E-state index >= 15 is 0 Å². The third-order valence-corrected chi connectivity index (χ3v) is 2.91. The normalized spacial score (nSPS) is 10.7. The summed E-state index contributed by atoms with van der Waals surface area (Å²) in [5.74, 6) is 0. The van der Waals surface area contributed by atoms with Crippen LogP contribution < -0.4 is 0 Å². The van der Waals surface area contributed by atoms with E-state index in [0.29, 0.717) is 23.3 Å². The standard InChI is InChI=1S/C12H12Cl2N2O/c13-11-2-1-10(12(14)7-11)8-17-6-5-16-4-3-15-9-16/h1-4,7,9H,5-6,8H2. The lowest BCUT2D eigenvalue weighted by Gasteiger charge is -2.07. The Morgan fingerprint density at radius 1 is 1.29 bits per heavy atom. The highest BCUT2D eigenvalue weighted by Crippen LogP contribution is 2.21. The fourth-order valence-electron chi connectivity index (χ4n) is 1.41. The number of hydrogen-bond acceptors (Lipinski definition) is 2. The van der Waals surface area contributed by atoms with Crippen molar-refractivity contribution in [1.29, 1.82) is 0 Å². The van der Waals surface area contributed by atoms with E-state index in [1.54, 1.807) is 18.6 Å². The topological polar surface area (TPSA) is 27.1 Å². The van der Waals surface area contributed by atoms with Crippen LogP contribution in [0.3, 0.4) is 0 Å². The Bertz CT molecular complexity index is 471. The van der Waals surface area contributed by atoms with E-state index < -0.39 is 0 Å². The maximum atomic E-state index is 6.03. The molecule has 0 saturated heterocycles. The third kappa shape index (κ3) is 3.73. The molecule has 1 aromatic carbocycles. The van der Waals surface area contributed by atoms with Crippen molar-refractivity contribution >= 4 is 23.2 Å². The highest BCUT2D eigenvalue weighted by Gasteiger charge is 2.01. The van der Waals surface area contributed by atoms with Crippen LogP contribution in [0.1, 0.15) is 5.56 Å². The highest BCUT2D eigenvalue weighted by atomic mass is 35.5. The van der Waals surface area contributed by atoms with Crippen molar-refractivity contribution in [3.05, 3.63) is 52.5 Å². The second-order valence-corrected chi connectivity index (χ2v) is 4.43. The van der Waals surface area contributed by atoms with Crippen molar-refractivity contribution in [2.24, 2.45) is 0 Å². The van der Waals surface area contributed by atoms with Gasteiger partial charge in [-0.2, -0.15) is 0 Å². The van der Waals surface area contributed by atoms with E-state index in [1.807, 2.05) is 22.9 Å². The summed E-state index contributed by atoms with van der Waals surface area (Å²) >= 11 is 11.8. The second-order valence-electron chi connectivity index (χ2n) is 3.59. The summed E-state index contributed by atoms with van der Waals surface area (Å²) in [6.07, 6.45) is 5.41. The van der Waals surface area contributed by atoms with Gasteiger partial charge in [0.1, 0.15) is 0 Å². The summed E-state index contributed by atoms with van der Waals surface area (Å²) in [6, 6.07) is 5.40. The molecule has 1 heterocycles. The van der Waals surface area contributed by atoms with Crippen LogP contribution in [0.25, 0.3) is 0 Å². The lowest BCUT2D eigenvalue weighted by atomic mass is 10.2. The first-order valence-electron chi connectivity index (χ1n) is 5.23. The van der Waals surface area contributed by atoms with Gasteiger partial charge in [-0.1, -0.05) is 29.3 Å². The van der Waals surface area contributed by atoms with E-state index in [1.165, 1.54) is 0 Å². The third-order valence-electron chi connectivity index (χ3n) is 2.33. The number of hydrogen-bond donors (Lipinski definition) is 0. The summed E-state index contributed by atoms with van der Waals surface area (Å²) in [6.45, 7) is 1.89. The van der Waals surface area contributed by atoms with Gasteiger partial charge in [0.2, 0.25) is 0 Å². The van der Waals surface area contributed by atoms with E-state index in [4.69, 9.17) is 27.9 Å². The van der Waals surface area contributed by atoms with Gasteiger partial charge in [-0.3, -0.25) is 0 Å². The average molecular weight is 271 g/mol. The number of halogens is 2. The molecular formula is C12H12Cl2N2O. The van der Waals surface area contributed by atoms with Crippen LogP contribution >= 0.6 is 23.2 Å². The second kappa shape index (κ2) is 6.05. The van der Waals surface area contributed by atoms with Gasteiger partial charge in [-0.05, 0) is 17.7 Å². The number of nitrogens with zero attached hydrogens (tertiary/aromatic N) is 2. The van der Waals surface area contributed by atoms with Gasteiger partial charge in [0.05, 0.1) is 19.5 Å². The SMILES string of the molecule is Clc1ccc(COCCn2ccnc2)c(Cl)c1. The zero-order valence-corrected chi connectivity index (χ0v) is 10.7. The minimum atomic E-state index is 0.491. The molecule has 0 bridgehead atoms. The average Bonchev–Trinajstić information content (AvgIpc) is 2.79. The molecule has 1 aromatic heterocycles. The fraction of sp³-hybridized carbons (Fsp3) is 0.250. The van der Waals surface area contributed by atoms with Crippen LogP contribution in [0.4, 0.5) is 0 Å². The predicted octanol–water partition coefficient (Wildman–Crippen LogP) is 3.41. The van der Waals surface area contributed by atoms with Crippen molar-refractivity contribution < 1.29 is 4.74 Å². The lowest BCUT2D eigenvalue weighted by molar-refractivity contribution is 0.113. The molecule has 5 heteroatoms. The number of aromatic nitrogens is 2. The van der Waals surface area contributed by atoms with E-state index in [0.717, 1.165) is 12.1 Å². The first-order valence-corrected chi connectivity index (χ1v) is 5.99. The van der Waals surface area contributed by atoms with Crippen molar-refractivity contribution in [3.8, 4) is 0 Å². The van der Waals surface area contributed by atoms with E-state index in [-0.39, 0.29) is 0 Å². The molecule has 2 rings (SSSR count). The van der Waals surface area contributed by atoms with Crippen LogP contribution in [0.2, 0.25) is 10.0 Å². The molecule has 0 unspecified atom stereocenters. The minimum Gasteiger partial charge on any atom is -0.375 e. The van der Waals surface area contributed by atoms with Crippen LogP contribution in [0, 0.1) is 0 Å². The van der Waals surface area contributed by atoms with Gasteiger partial charge >= 0.3 is 0 Å². The zero-order chi connectivity index (χ0) is 12.1. The quantitative estimate of drug-likeness (QED) is 0.779. The van der Waals surface area contributed by atoms with Crippen LogP contribution in [-0.2, 0) is 17.9 Å². The largest absolute Gasteiger partial charge is 0.375 e. The molecule has 0 aliphatic carbocycles. The van der Waals surface area contributed by atoms with Crippen molar-refractivity contribution in [2.75, 3.05) is 6.61 Å². The molecular weight excluding hydrogens is 259 g/mol. The van der Waals surface area contributed by atoms with Gasteiger partial charge in [0.25, 0.3) is 0 Å². The van der Waals surface area contributed by atoms with Crippen LogP contribution in [0.5, 0.6) is 0 Å². The smallest absolute Gasteiger partial charge is 0.0946 e. The van der Waals surface area contributed by atoms with Crippen molar-refractivity contribution in [2.45, 2.75) is 13.2 Å². The molecule has 0 fully saturated rings. The Kier molecular flexibility index (Phi) is 4.42. The molecule has 0 aliphatic heterocycles. The molecule has 90 valence electrons. The zero-order valence-electron chi connectivity index (χ0n) is 9.14. The highest BCUT2D eigenvalue weighted by molar-refractivity contribution is 6.35. The first-order chi connectivity index (χ1) is 8.25. The molecule has 0 amide bonds. The van der Waals surface area contributed by atoms with E-state index in [2.05, 4.69) is 4.98 Å². The molecule has 0 spiro atoms. The Labute approximate surface area is 110 Å². The minimum absolute atomic E-state index is 0.491. The van der Waals surface area contributed by atoms with Gasteiger partial charge in [-0.25, -0.2) is 4.98 Å². The van der Waals surface area contributed by atoms with Crippen molar-refractivity contribution in [1.82, 2.24) is 9.55 Å². The number of rotatable bonds is 5. The number of ether oxygens (including phenoxy) is 1. The van der Waals surface area contributed by atoms with Gasteiger partial charge < -0.3 is 9.30 Å². The molecule has 0 radical (unpaired) electrons. The molecule has 2 aromatic rings. The predicted molar refractivity (Wildman–Crippen MR) is 68.3 cm³/mol. The number of benzene rings is 1. The Morgan fingerprint density at radius 3 is 2.88 bits per heavy atom. The summed E-state index contributed by atoms with van der Waals surface area (Å²) in [5, 5.41) is 1.28. The fourth-order valence-corrected chi connectivity index (χ4v) is 1.87. The molecule has 0 N–H and O–H groups in total. The summed E-state index contributed by atoms with van der Waals surface area (Å²) in [5.41, 5.74) is 0.946. The summed E-state index contributed by atoms with van der Waals surface area (Å²) in [4.78, 5) is 3.95. The van der Waals surface area contributed by atoms with Gasteiger partial charge in [0, 0.05) is 29.0 Å². The Hall–Kier alpha value is -1.03. The monoisotopic (exact) mass is 270 g/mol. The lowest BCUT2D eigenvalue weighted by Crippen LogP contribution is -2.04. The van der Waals surface area contributed by atoms with Crippen LogP contribution in [0.15, 0.2) is 36.9 Å². The first kappa shape index (κ1) is 12.4. The Balaban J connectivity index is 1.78. The maximum absolute atomic E-state index is 6.03. The number of imidazole rings is 1. The van der Waals surface area contributed by atoms with E-state index in [9.17, 15) is 0 Å². The van der Waals surface area contributed by atoms with Gasteiger partial charge in [0.15, 0.2) is 0 Å². The maximum Gasteiger partial charge on any atom is 0.0946 e. The summed E-state index contributed by atoms with van der Waals surface area (Å²) < 4.78 is 7.50. The molecule has 0 aliphatic rings.